The number of imidazole rings is 1. The largest absolute Gasteiger partial charge is 0.480 e. The first-order chi connectivity index (χ1) is 8.13. The smallest absolute Gasteiger partial charge is 0.231 e. The number of rotatable bonds is 1. The van der Waals surface area contributed by atoms with Gasteiger partial charge in [0.1, 0.15) is 0 Å². The van der Waals surface area contributed by atoms with E-state index < -0.39 is 0 Å². The summed E-state index contributed by atoms with van der Waals surface area (Å²) < 4.78 is 6.60. The Bertz CT molecular complexity index is 407. The zero-order chi connectivity index (χ0) is 13.3. The molecule has 4 nitrogen and oxygen atoms in total. The first kappa shape index (κ1) is 15.4. The molecule has 0 radical (unpaired) electrons. The summed E-state index contributed by atoms with van der Waals surface area (Å²) >= 11 is 0. The first-order valence-electron chi connectivity index (χ1n) is 5.98. The topological polar surface area (TPSA) is 39.4 Å². The highest BCUT2D eigenvalue weighted by atomic mass is 16.5. The van der Waals surface area contributed by atoms with Crippen molar-refractivity contribution in [3.05, 3.63) is 24.5 Å². The van der Waals surface area contributed by atoms with Crippen LogP contribution in [0.3, 0.4) is 0 Å². The fraction of sp³-hybridized carbons (Fsp3) is 0.538. The van der Waals surface area contributed by atoms with Crippen LogP contribution in [-0.4, -0.2) is 21.7 Å². The van der Waals surface area contributed by atoms with Gasteiger partial charge in [0.2, 0.25) is 5.88 Å². The summed E-state index contributed by atoms with van der Waals surface area (Å²) in [6.07, 6.45) is 3.47. The van der Waals surface area contributed by atoms with E-state index in [-0.39, 0.29) is 0 Å². The molecule has 0 saturated heterocycles. The highest BCUT2D eigenvalue weighted by Crippen LogP contribution is 2.05. The second-order valence-corrected chi connectivity index (χ2v) is 3.84. The van der Waals surface area contributed by atoms with E-state index in [0.29, 0.717) is 5.88 Å². The predicted octanol–water partition coefficient (Wildman–Crippen LogP) is 3.43. The molecule has 2 rings (SSSR count). The molecule has 0 N–H and O–H groups in total. The first-order valence-corrected chi connectivity index (χ1v) is 5.98. The number of methoxy groups -OCH3 is 1. The van der Waals surface area contributed by atoms with Crippen LogP contribution in [0.25, 0.3) is 5.65 Å². The van der Waals surface area contributed by atoms with Gasteiger partial charge in [-0.3, -0.25) is 0 Å². The SMILES string of the molecule is CC.CC(C)C.COc1ccc2nccn2n1. The maximum Gasteiger partial charge on any atom is 0.231 e. The van der Waals surface area contributed by atoms with E-state index in [0.717, 1.165) is 11.6 Å². The van der Waals surface area contributed by atoms with Crippen LogP contribution in [0.15, 0.2) is 24.5 Å². The zero-order valence-corrected chi connectivity index (χ0v) is 11.6. The summed E-state index contributed by atoms with van der Waals surface area (Å²) in [6.45, 7) is 10.5. The Labute approximate surface area is 104 Å². The van der Waals surface area contributed by atoms with Gasteiger partial charge < -0.3 is 4.74 Å². The van der Waals surface area contributed by atoms with Gasteiger partial charge >= 0.3 is 0 Å². The second-order valence-electron chi connectivity index (χ2n) is 3.84. The molecule has 0 fully saturated rings. The maximum absolute atomic E-state index is 4.93. The van der Waals surface area contributed by atoms with E-state index in [9.17, 15) is 0 Å². The monoisotopic (exact) mass is 237 g/mol. The lowest BCUT2D eigenvalue weighted by Gasteiger charge is -1.96. The van der Waals surface area contributed by atoms with Gasteiger partial charge in [0.05, 0.1) is 7.11 Å². The van der Waals surface area contributed by atoms with Gasteiger partial charge in [0.15, 0.2) is 5.65 Å². The lowest BCUT2D eigenvalue weighted by atomic mass is 10.3. The summed E-state index contributed by atoms with van der Waals surface area (Å²) in [6, 6.07) is 3.63. The number of fused-ring (bicyclic) bond motifs is 1. The molecule has 0 aromatic carbocycles. The highest BCUT2D eigenvalue weighted by molar-refractivity contribution is 5.37. The van der Waals surface area contributed by atoms with E-state index in [1.165, 1.54) is 0 Å². The molecule has 0 saturated carbocycles. The van der Waals surface area contributed by atoms with Crippen LogP contribution in [0.2, 0.25) is 0 Å². The van der Waals surface area contributed by atoms with Gasteiger partial charge in [0.25, 0.3) is 0 Å². The zero-order valence-electron chi connectivity index (χ0n) is 11.6. The van der Waals surface area contributed by atoms with Crippen LogP contribution < -0.4 is 4.74 Å². The quantitative estimate of drug-likeness (QED) is 0.763. The minimum Gasteiger partial charge on any atom is -0.480 e. The second kappa shape index (κ2) is 8.56. The van der Waals surface area contributed by atoms with Crippen LogP contribution in [0.1, 0.15) is 34.6 Å². The fourth-order valence-corrected chi connectivity index (χ4v) is 0.907. The third kappa shape index (κ3) is 5.90. The number of ether oxygens (including phenoxy) is 1. The molecule has 0 aliphatic rings. The summed E-state index contributed by atoms with van der Waals surface area (Å²) in [5, 5.41) is 4.09. The Kier molecular flexibility index (Phi) is 7.76. The Morgan fingerprint density at radius 3 is 2.29 bits per heavy atom. The molecule has 0 aliphatic heterocycles. The van der Waals surface area contributed by atoms with Crippen molar-refractivity contribution < 1.29 is 4.74 Å². The van der Waals surface area contributed by atoms with Gasteiger partial charge in [-0.15, -0.1) is 5.10 Å². The summed E-state index contributed by atoms with van der Waals surface area (Å²) in [7, 11) is 1.59. The number of nitrogens with zero attached hydrogens (tertiary/aromatic N) is 3. The third-order valence-electron chi connectivity index (χ3n) is 1.44. The molecule has 0 amide bonds. The van der Waals surface area contributed by atoms with Gasteiger partial charge in [-0.2, -0.15) is 0 Å². The Morgan fingerprint density at radius 2 is 1.76 bits per heavy atom. The Hall–Kier alpha value is -1.58. The molecular formula is C13H23N3O. The molecule has 0 atom stereocenters. The lowest BCUT2D eigenvalue weighted by molar-refractivity contribution is 0.390. The molecule has 96 valence electrons. The molecule has 0 bridgehead atoms. The van der Waals surface area contributed by atoms with Gasteiger partial charge in [0, 0.05) is 18.5 Å². The molecule has 4 heteroatoms. The average Bonchev–Trinajstić information content (AvgIpc) is 2.77. The number of hydrogen-bond donors (Lipinski definition) is 0. The van der Waals surface area contributed by atoms with Crippen molar-refractivity contribution in [2.24, 2.45) is 5.92 Å². The molecule has 2 aromatic rings. The van der Waals surface area contributed by atoms with Crippen LogP contribution >= 0.6 is 0 Å². The van der Waals surface area contributed by atoms with E-state index in [1.807, 2.05) is 19.9 Å². The van der Waals surface area contributed by atoms with Crippen LogP contribution in [0.4, 0.5) is 0 Å². The molecule has 2 aromatic heterocycles. The predicted molar refractivity (Wildman–Crippen MR) is 71.4 cm³/mol. The normalized spacial score (nSPS) is 9.12. The van der Waals surface area contributed by atoms with Crippen LogP contribution in [0.5, 0.6) is 5.88 Å². The van der Waals surface area contributed by atoms with Crippen LogP contribution in [0, 0.1) is 5.92 Å². The van der Waals surface area contributed by atoms with Crippen molar-refractivity contribution in [2.75, 3.05) is 7.11 Å². The lowest BCUT2D eigenvalue weighted by Crippen LogP contribution is -1.93. The number of hydrogen-bond acceptors (Lipinski definition) is 3. The van der Waals surface area contributed by atoms with E-state index >= 15 is 0 Å². The van der Waals surface area contributed by atoms with E-state index in [4.69, 9.17) is 4.74 Å². The van der Waals surface area contributed by atoms with Gasteiger partial charge in [-0.25, -0.2) is 9.50 Å². The van der Waals surface area contributed by atoms with Gasteiger partial charge in [-0.05, 0) is 12.0 Å². The van der Waals surface area contributed by atoms with Crippen molar-refractivity contribution in [2.45, 2.75) is 34.6 Å². The number of aromatic nitrogens is 3. The standard InChI is InChI=1S/C7H7N3O.C4H10.C2H6/c1-11-7-3-2-6-8-4-5-10(6)9-7;1-4(2)3;1-2/h2-5H,1H3;4H,1-3H3;1-2H3. The van der Waals surface area contributed by atoms with E-state index in [1.54, 1.807) is 30.1 Å². The van der Waals surface area contributed by atoms with Crippen molar-refractivity contribution in [1.29, 1.82) is 0 Å². The Morgan fingerprint density at radius 1 is 1.18 bits per heavy atom. The molecular weight excluding hydrogens is 214 g/mol. The fourth-order valence-electron chi connectivity index (χ4n) is 0.907. The highest BCUT2D eigenvalue weighted by Gasteiger charge is 1.95. The summed E-state index contributed by atoms with van der Waals surface area (Å²) in [5.41, 5.74) is 0.825. The summed E-state index contributed by atoms with van der Waals surface area (Å²) in [5.74, 6) is 1.43. The maximum atomic E-state index is 4.93. The molecule has 0 unspecified atom stereocenters. The van der Waals surface area contributed by atoms with Crippen molar-refractivity contribution >= 4 is 5.65 Å². The van der Waals surface area contributed by atoms with E-state index in [2.05, 4.69) is 30.9 Å². The van der Waals surface area contributed by atoms with Crippen molar-refractivity contribution in [3.63, 3.8) is 0 Å². The molecule has 0 spiro atoms. The molecule has 0 aliphatic carbocycles. The molecule has 2 heterocycles. The van der Waals surface area contributed by atoms with Crippen molar-refractivity contribution in [3.8, 4) is 5.88 Å². The molecule has 17 heavy (non-hydrogen) atoms. The Balaban J connectivity index is 0.000000368. The van der Waals surface area contributed by atoms with Gasteiger partial charge in [-0.1, -0.05) is 34.6 Å². The average molecular weight is 237 g/mol. The minimum absolute atomic E-state index is 0.593. The van der Waals surface area contributed by atoms with Crippen molar-refractivity contribution in [1.82, 2.24) is 14.6 Å². The minimum atomic E-state index is 0.593. The third-order valence-corrected chi connectivity index (χ3v) is 1.44. The summed E-state index contributed by atoms with van der Waals surface area (Å²) in [4.78, 5) is 4.04. The van der Waals surface area contributed by atoms with Crippen LogP contribution in [-0.2, 0) is 0 Å².